The van der Waals surface area contributed by atoms with E-state index in [2.05, 4.69) is 11.4 Å². The molecule has 0 aromatic heterocycles. The molecule has 0 spiro atoms. The Balaban J connectivity index is 1.33. The maximum Gasteiger partial charge on any atom is 0.142 e. The summed E-state index contributed by atoms with van der Waals surface area (Å²) >= 11 is 0. The van der Waals surface area contributed by atoms with Gasteiger partial charge < -0.3 is 4.84 Å². The van der Waals surface area contributed by atoms with Gasteiger partial charge in [-0.1, -0.05) is 43.0 Å². The molecule has 2 nitrogen and oxygen atoms in total. The van der Waals surface area contributed by atoms with Crippen LogP contribution in [0.5, 0.6) is 0 Å². The molecule has 4 rings (SSSR count). The average molecular weight is 343 g/mol. The minimum atomic E-state index is -0.209. The van der Waals surface area contributed by atoms with Crippen LogP contribution in [0.15, 0.2) is 29.4 Å². The molecule has 3 saturated carbocycles. The fourth-order valence-electron chi connectivity index (χ4n) is 5.86. The van der Waals surface area contributed by atoms with Gasteiger partial charge in [-0.05, 0) is 73.5 Å². The lowest BCUT2D eigenvalue weighted by Crippen LogP contribution is -2.42. The molecule has 0 heterocycles. The maximum absolute atomic E-state index is 12.9. The van der Waals surface area contributed by atoms with Gasteiger partial charge in [0.05, 0.1) is 0 Å². The van der Waals surface area contributed by atoms with Gasteiger partial charge in [-0.25, -0.2) is 4.39 Å². The van der Waals surface area contributed by atoms with Crippen molar-refractivity contribution in [3.05, 3.63) is 35.6 Å². The first-order chi connectivity index (χ1) is 12.3. The van der Waals surface area contributed by atoms with Gasteiger partial charge in [-0.15, -0.1) is 0 Å². The van der Waals surface area contributed by atoms with Crippen molar-refractivity contribution in [2.75, 3.05) is 0 Å². The van der Waals surface area contributed by atoms with Crippen molar-refractivity contribution in [3.63, 3.8) is 0 Å². The summed E-state index contributed by atoms with van der Waals surface area (Å²) in [5, 5.41) is 4.29. The summed E-state index contributed by atoms with van der Waals surface area (Å²) in [5.41, 5.74) is 0.961. The third kappa shape index (κ3) is 3.91. The lowest BCUT2D eigenvalue weighted by atomic mass is 9.55. The van der Waals surface area contributed by atoms with E-state index in [-0.39, 0.29) is 5.82 Å². The zero-order valence-electron chi connectivity index (χ0n) is 15.1. The van der Waals surface area contributed by atoms with Crippen LogP contribution in [0.4, 0.5) is 4.39 Å². The van der Waals surface area contributed by atoms with E-state index in [4.69, 9.17) is 4.84 Å². The molecular weight excluding hydrogens is 313 g/mol. The molecule has 0 aliphatic heterocycles. The van der Waals surface area contributed by atoms with Crippen molar-refractivity contribution in [2.24, 2.45) is 34.7 Å². The Morgan fingerprint density at radius 3 is 2.56 bits per heavy atom. The van der Waals surface area contributed by atoms with E-state index in [1.54, 1.807) is 12.1 Å². The summed E-state index contributed by atoms with van der Waals surface area (Å²) in [4.78, 5) is 5.50. The zero-order chi connectivity index (χ0) is 17.1. The number of oxime groups is 1. The topological polar surface area (TPSA) is 21.6 Å². The van der Waals surface area contributed by atoms with Crippen LogP contribution in [-0.2, 0) is 11.4 Å². The Kier molecular flexibility index (Phi) is 5.38. The van der Waals surface area contributed by atoms with E-state index in [9.17, 15) is 4.39 Å². The number of hydrogen-bond acceptors (Lipinski definition) is 2. The highest BCUT2D eigenvalue weighted by Gasteiger charge is 2.44. The molecule has 1 aromatic rings. The fourth-order valence-corrected chi connectivity index (χ4v) is 5.86. The summed E-state index contributed by atoms with van der Waals surface area (Å²) in [7, 11) is 0. The zero-order valence-corrected chi connectivity index (χ0v) is 15.1. The van der Waals surface area contributed by atoms with Crippen LogP contribution < -0.4 is 0 Å². The van der Waals surface area contributed by atoms with Gasteiger partial charge in [0.1, 0.15) is 12.4 Å². The van der Waals surface area contributed by atoms with Crippen molar-refractivity contribution in [1.29, 1.82) is 0 Å². The fraction of sp³-hybridized carbons (Fsp3) is 0.682. The first-order valence-corrected chi connectivity index (χ1v) is 10.2. The minimum absolute atomic E-state index is 0.209. The van der Waals surface area contributed by atoms with Crippen molar-refractivity contribution in [2.45, 2.75) is 64.4 Å². The number of rotatable bonds is 4. The van der Waals surface area contributed by atoms with Crippen LogP contribution in [0.1, 0.15) is 63.4 Å². The summed E-state index contributed by atoms with van der Waals surface area (Å²) in [6.07, 6.45) is 14.8. The highest BCUT2D eigenvalue weighted by molar-refractivity contribution is 5.60. The van der Waals surface area contributed by atoms with Crippen LogP contribution in [0.3, 0.4) is 0 Å². The number of nitrogens with zero attached hydrogens (tertiary/aromatic N) is 1. The molecule has 3 heteroatoms. The Hall–Kier alpha value is -1.38. The molecule has 136 valence electrons. The standard InChI is InChI=1S/C22H30FNO/c23-19-11-8-16(9-12-19)15-25-24-14-18-5-3-7-22-20-6-2-1-4-17(20)10-13-21(18)22/h8-9,11-12,14,17-18,20-22H,1-7,10,13,15H2. The highest BCUT2D eigenvalue weighted by atomic mass is 19.1. The lowest BCUT2D eigenvalue weighted by molar-refractivity contribution is 0.0129. The van der Waals surface area contributed by atoms with E-state index >= 15 is 0 Å². The molecule has 0 saturated heterocycles. The van der Waals surface area contributed by atoms with Crippen molar-refractivity contribution < 1.29 is 9.23 Å². The Labute approximate surface area is 150 Å². The average Bonchev–Trinajstić information content (AvgIpc) is 2.66. The van der Waals surface area contributed by atoms with Crippen LogP contribution >= 0.6 is 0 Å². The molecule has 3 aliphatic carbocycles. The highest BCUT2D eigenvalue weighted by Crippen LogP contribution is 2.52. The Morgan fingerprint density at radius 2 is 1.68 bits per heavy atom. The van der Waals surface area contributed by atoms with Crippen LogP contribution in [0, 0.1) is 35.4 Å². The first kappa shape index (κ1) is 17.1. The molecule has 3 aliphatic rings. The smallest absolute Gasteiger partial charge is 0.142 e. The van der Waals surface area contributed by atoms with E-state index in [1.165, 1.54) is 69.9 Å². The number of benzene rings is 1. The van der Waals surface area contributed by atoms with Gasteiger partial charge >= 0.3 is 0 Å². The molecule has 5 atom stereocenters. The second-order valence-corrected chi connectivity index (χ2v) is 8.36. The second kappa shape index (κ2) is 7.88. The monoisotopic (exact) mass is 343 g/mol. The predicted octanol–water partition coefficient (Wildman–Crippen LogP) is 5.96. The van der Waals surface area contributed by atoms with E-state index in [0.717, 1.165) is 29.2 Å². The van der Waals surface area contributed by atoms with Crippen LogP contribution in [-0.4, -0.2) is 6.21 Å². The van der Waals surface area contributed by atoms with E-state index < -0.39 is 0 Å². The molecule has 0 N–H and O–H groups in total. The van der Waals surface area contributed by atoms with Crippen molar-refractivity contribution >= 4 is 6.21 Å². The van der Waals surface area contributed by atoms with Gasteiger partial charge in [0, 0.05) is 12.1 Å². The number of hydrogen-bond donors (Lipinski definition) is 0. The minimum Gasteiger partial charge on any atom is -0.391 e. The molecule has 0 bridgehead atoms. The number of halogens is 1. The third-order valence-corrected chi connectivity index (χ3v) is 7.03. The van der Waals surface area contributed by atoms with Gasteiger partial charge in [-0.2, -0.15) is 0 Å². The molecule has 3 fully saturated rings. The van der Waals surface area contributed by atoms with Gasteiger partial charge in [-0.3, -0.25) is 0 Å². The SMILES string of the molecule is Fc1ccc(CON=CC2CCCC3C2CCC2CCCCC23)cc1. The maximum atomic E-state index is 12.9. The van der Waals surface area contributed by atoms with Crippen LogP contribution in [0.2, 0.25) is 0 Å². The molecule has 1 aromatic carbocycles. The molecular formula is C22H30FNO. The lowest BCUT2D eigenvalue weighted by Gasteiger charge is -2.50. The van der Waals surface area contributed by atoms with Gasteiger partial charge in [0.25, 0.3) is 0 Å². The summed E-state index contributed by atoms with van der Waals surface area (Å²) < 4.78 is 12.9. The summed E-state index contributed by atoms with van der Waals surface area (Å²) in [5.74, 6) is 4.14. The number of fused-ring (bicyclic) bond motifs is 3. The Morgan fingerprint density at radius 1 is 0.880 bits per heavy atom. The normalized spacial score (nSPS) is 35.2. The molecule has 25 heavy (non-hydrogen) atoms. The van der Waals surface area contributed by atoms with Crippen LogP contribution in [0.25, 0.3) is 0 Å². The largest absolute Gasteiger partial charge is 0.391 e. The van der Waals surface area contributed by atoms with Crippen molar-refractivity contribution in [3.8, 4) is 0 Å². The third-order valence-electron chi connectivity index (χ3n) is 7.03. The van der Waals surface area contributed by atoms with Crippen molar-refractivity contribution in [1.82, 2.24) is 0 Å². The predicted molar refractivity (Wildman–Crippen MR) is 98.7 cm³/mol. The first-order valence-electron chi connectivity index (χ1n) is 10.2. The molecule has 0 radical (unpaired) electrons. The Bertz CT molecular complexity index is 584. The molecule has 5 unspecified atom stereocenters. The quantitative estimate of drug-likeness (QED) is 0.488. The molecule has 0 amide bonds. The van der Waals surface area contributed by atoms with E-state index in [1.807, 2.05) is 0 Å². The van der Waals surface area contributed by atoms with Gasteiger partial charge in [0.15, 0.2) is 0 Å². The summed E-state index contributed by atoms with van der Waals surface area (Å²) in [6.45, 7) is 0.419. The van der Waals surface area contributed by atoms with Gasteiger partial charge in [0.2, 0.25) is 0 Å². The second-order valence-electron chi connectivity index (χ2n) is 8.36. The van der Waals surface area contributed by atoms with E-state index in [0.29, 0.717) is 12.5 Å². The summed E-state index contributed by atoms with van der Waals surface area (Å²) in [6, 6.07) is 6.45.